The van der Waals surface area contributed by atoms with Gasteiger partial charge in [-0.05, 0) is 37.1 Å². The van der Waals surface area contributed by atoms with Gasteiger partial charge in [0, 0.05) is 36.2 Å². The standard InChI is InChI=1S/C21H26N2O2.ClH/c1-24-18-12-16-9-11-25-21(16)17(13-18)14-23-19-8-5-10-22-20(19)15-6-3-2-4-7-15;/h2-4,6-7,12-13,19-20,22-23H,5,8-11,14H2,1H3;1H/t19-,20-;/m0./s1. The molecular formula is C21H27ClN2O2. The number of rotatable bonds is 5. The molecule has 4 nitrogen and oxygen atoms in total. The van der Waals surface area contributed by atoms with Gasteiger partial charge in [-0.1, -0.05) is 30.3 Å². The number of methoxy groups -OCH3 is 1. The summed E-state index contributed by atoms with van der Waals surface area (Å²) in [6.45, 7) is 2.65. The van der Waals surface area contributed by atoms with E-state index in [1.807, 2.05) is 0 Å². The molecule has 2 aromatic carbocycles. The first kappa shape index (κ1) is 19.0. The van der Waals surface area contributed by atoms with Crippen molar-refractivity contribution in [2.75, 3.05) is 20.3 Å². The van der Waals surface area contributed by atoms with E-state index < -0.39 is 0 Å². The third kappa shape index (κ3) is 3.98. The molecule has 0 bridgehead atoms. The van der Waals surface area contributed by atoms with E-state index in [9.17, 15) is 0 Å². The first-order chi connectivity index (χ1) is 12.3. The Hall–Kier alpha value is -1.75. The zero-order valence-corrected chi connectivity index (χ0v) is 16.0. The lowest BCUT2D eigenvalue weighted by Gasteiger charge is -2.34. The molecule has 2 aliphatic rings. The number of nitrogens with one attached hydrogen (secondary N) is 2. The molecule has 140 valence electrons. The van der Waals surface area contributed by atoms with Gasteiger partial charge in [0.2, 0.25) is 0 Å². The van der Waals surface area contributed by atoms with Crippen molar-refractivity contribution < 1.29 is 9.47 Å². The number of halogens is 1. The second kappa shape index (κ2) is 8.76. The van der Waals surface area contributed by atoms with E-state index in [1.165, 1.54) is 29.5 Å². The minimum absolute atomic E-state index is 0. The Labute approximate surface area is 161 Å². The van der Waals surface area contributed by atoms with Crippen molar-refractivity contribution >= 4 is 12.4 Å². The third-order valence-electron chi connectivity index (χ3n) is 5.24. The highest BCUT2D eigenvalue weighted by atomic mass is 35.5. The second-order valence-corrected chi connectivity index (χ2v) is 6.85. The molecule has 0 radical (unpaired) electrons. The molecule has 2 atom stereocenters. The number of hydrogen-bond donors (Lipinski definition) is 2. The molecule has 2 aromatic rings. The highest BCUT2D eigenvalue weighted by Gasteiger charge is 2.26. The third-order valence-corrected chi connectivity index (χ3v) is 5.24. The smallest absolute Gasteiger partial charge is 0.127 e. The molecule has 0 unspecified atom stereocenters. The van der Waals surface area contributed by atoms with E-state index in [0.29, 0.717) is 12.1 Å². The first-order valence-corrected chi connectivity index (χ1v) is 9.19. The van der Waals surface area contributed by atoms with Crippen LogP contribution in [-0.4, -0.2) is 26.3 Å². The Morgan fingerprint density at radius 2 is 2.08 bits per heavy atom. The summed E-state index contributed by atoms with van der Waals surface area (Å²) >= 11 is 0. The van der Waals surface area contributed by atoms with Crippen LogP contribution in [0.3, 0.4) is 0 Å². The normalized spacial score (nSPS) is 21.4. The monoisotopic (exact) mass is 374 g/mol. The molecule has 1 fully saturated rings. The molecule has 2 N–H and O–H groups in total. The Kier molecular flexibility index (Phi) is 6.41. The molecule has 2 heterocycles. The van der Waals surface area contributed by atoms with Gasteiger partial charge in [-0.2, -0.15) is 0 Å². The summed E-state index contributed by atoms with van der Waals surface area (Å²) in [4.78, 5) is 0. The van der Waals surface area contributed by atoms with Gasteiger partial charge in [-0.25, -0.2) is 0 Å². The maximum atomic E-state index is 5.87. The first-order valence-electron chi connectivity index (χ1n) is 9.19. The largest absolute Gasteiger partial charge is 0.497 e. The van der Waals surface area contributed by atoms with Crippen LogP contribution in [-0.2, 0) is 13.0 Å². The number of benzene rings is 2. The van der Waals surface area contributed by atoms with Crippen LogP contribution in [0.1, 0.15) is 35.6 Å². The van der Waals surface area contributed by atoms with Crippen LogP contribution in [0.15, 0.2) is 42.5 Å². The van der Waals surface area contributed by atoms with Crippen molar-refractivity contribution in [3.05, 3.63) is 59.2 Å². The molecule has 0 saturated carbocycles. The summed E-state index contributed by atoms with van der Waals surface area (Å²) in [7, 11) is 1.73. The van der Waals surface area contributed by atoms with Gasteiger partial charge < -0.3 is 20.1 Å². The van der Waals surface area contributed by atoms with Gasteiger partial charge in [-0.15, -0.1) is 12.4 Å². The molecule has 4 rings (SSSR count). The Morgan fingerprint density at radius 1 is 1.23 bits per heavy atom. The maximum absolute atomic E-state index is 5.87. The van der Waals surface area contributed by atoms with Crippen molar-refractivity contribution in [1.82, 2.24) is 10.6 Å². The molecular weight excluding hydrogens is 348 g/mol. The quantitative estimate of drug-likeness (QED) is 0.838. The number of fused-ring (bicyclic) bond motifs is 1. The zero-order valence-electron chi connectivity index (χ0n) is 15.2. The van der Waals surface area contributed by atoms with Gasteiger partial charge in [0.15, 0.2) is 0 Å². The molecule has 2 aliphatic heterocycles. The van der Waals surface area contributed by atoms with E-state index in [-0.39, 0.29) is 12.4 Å². The number of hydrogen-bond acceptors (Lipinski definition) is 4. The van der Waals surface area contributed by atoms with E-state index in [4.69, 9.17) is 9.47 Å². The lowest BCUT2D eigenvalue weighted by atomic mass is 9.92. The van der Waals surface area contributed by atoms with Crippen LogP contribution in [0, 0.1) is 0 Å². The number of ether oxygens (including phenoxy) is 2. The second-order valence-electron chi connectivity index (χ2n) is 6.85. The average molecular weight is 375 g/mol. The van der Waals surface area contributed by atoms with E-state index >= 15 is 0 Å². The fourth-order valence-electron chi connectivity index (χ4n) is 3.97. The molecule has 0 aromatic heterocycles. The SMILES string of the molecule is COc1cc2c(c(CN[C@H]3CCCN[C@H]3c3ccccc3)c1)OCC2.Cl. The van der Waals surface area contributed by atoms with Crippen LogP contribution in [0.5, 0.6) is 11.5 Å². The highest BCUT2D eigenvalue weighted by molar-refractivity contribution is 5.85. The fraction of sp³-hybridized carbons (Fsp3) is 0.429. The lowest BCUT2D eigenvalue weighted by Crippen LogP contribution is -2.45. The molecule has 1 saturated heterocycles. The Morgan fingerprint density at radius 3 is 2.88 bits per heavy atom. The highest BCUT2D eigenvalue weighted by Crippen LogP contribution is 2.34. The van der Waals surface area contributed by atoms with Crippen molar-refractivity contribution in [3.8, 4) is 11.5 Å². The summed E-state index contributed by atoms with van der Waals surface area (Å²) in [6.07, 6.45) is 3.35. The van der Waals surface area contributed by atoms with Crippen LogP contribution in [0.4, 0.5) is 0 Å². The summed E-state index contributed by atoms with van der Waals surface area (Å²) in [5.74, 6) is 1.97. The molecule has 0 spiro atoms. The van der Waals surface area contributed by atoms with Crippen LogP contribution in [0.2, 0.25) is 0 Å². The van der Waals surface area contributed by atoms with Crippen molar-refractivity contribution in [2.45, 2.75) is 37.9 Å². The summed E-state index contributed by atoms with van der Waals surface area (Å²) < 4.78 is 11.3. The van der Waals surface area contributed by atoms with Crippen LogP contribution < -0.4 is 20.1 Å². The number of piperidine rings is 1. The predicted octanol–water partition coefficient (Wildman–Crippen LogP) is 3.63. The van der Waals surface area contributed by atoms with Crippen molar-refractivity contribution in [2.24, 2.45) is 0 Å². The predicted molar refractivity (Wildman–Crippen MR) is 106 cm³/mol. The van der Waals surface area contributed by atoms with Crippen molar-refractivity contribution in [1.29, 1.82) is 0 Å². The molecule has 0 amide bonds. The topological polar surface area (TPSA) is 42.5 Å². The van der Waals surface area contributed by atoms with Crippen LogP contribution in [0.25, 0.3) is 0 Å². The Bertz CT molecular complexity index is 723. The molecule has 5 heteroatoms. The molecule has 0 aliphatic carbocycles. The van der Waals surface area contributed by atoms with Gasteiger partial charge in [0.25, 0.3) is 0 Å². The minimum atomic E-state index is 0. The van der Waals surface area contributed by atoms with E-state index in [2.05, 4.69) is 53.1 Å². The van der Waals surface area contributed by atoms with Gasteiger partial charge in [-0.3, -0.25) is 0 Å². The van der Waals surface area contributed by atoms with E-state index in [1.54, 1.807) is 7.11 Å². The van der Waals surface area contributed by atoms with E-state index in [0.717, 1.165) is 37.6 Å². The van der Waals surface area contributed by atoms with Gasteiger partial charge in [0.05, 0.1) is 13.7 Å². The maximum Gasteiger partial charge on any atom is 0.127 e. The summed E-state index contributed by atoms with van der Waals surface area (Å²) in [5.41, 5.74) is 3.81. The summed E-state index contributed by atoms with van der Waals surface area (Å²) in [6, 6.07) is 15.7. The average Bonchev–Trinajstić information content (AvgIpc) is 3.15. The van der Waals surface area contributed by atoms with Crippen LogP contribution >= 0.6 is 12.4 Å². The Balaban J connectivity index is 0.00000196. The minimum Gasteiger partial charge on any atom is -0.497 e. The molecule has 26 heavy (non-hydrogen) atoms. The van der Waals surface area contributed by atoms with Gasteiger partial charge >= 0.3 is 0 Å². The van der Waals surface area contributed by atoms with Gasteiger partial charge in [0.1, 0.15) is 11.5 Å². The fourth-order valence-corrected chi connectivity index (χ4v) is 3.97. The van der Waals surface area contributed by atoms with Crippen molar-refractivity contribution in [3.63, 3.8) is 0 Å². The summed E-state index contributed by atoms with van der Waals surface area (Å²) in [5, 5.41) is 7.45. The zero-order chi connectivity index (χ0) is 17.1. The lowest BCUT2D eigenvalue weighted by molar-refractivity contribution is 0.301.